The Labute approximate surface area is 64.0 Å². The molecule has 1 aliphatic rings. The highest BCUT2D eigenvalue weighted by atomic mass is 14.2. The molecule has 0 fully saturated rings. The topological polar surface area (TPSA) is 0 Å². The summed E-state index contributed by atoms with van der Waals surface area (Å²) in [5.41, 5.74) is 0. The van der Waals surface area contributed by atoms with Crippen LogP contribution in [-0.4, -0.2) is 0 Å². The molecule has 10 heavy (non-hydrogen) atoms. The molecule has 0 bridgehead atoms. The van der Waals surface area contributed by atoms with Crippen molar-refractivity contribution < 1.29 is 0 Å². The summed E-state index contributed by atoms with van der Waals surface area (Å²) in [4.78, 5) is 0. The van der Waals surface area contributed by atoms with Crippen molar-refractivity contribution in [3.8, 4) is 11.8 Å². The molecule has 0 aromatic heterocycles. The van der Waals surface area contributed by atoms with Gasteiger partial charge in [0.05, 0.1) is 0 Å². The fraction of sp³-hybridized carbons (Fsp3) is 0.800. The van der Waals surface area contributed by atoms with Crippen molar-refractivity contribution in [2.45, 2.75) is 39.5 Å². The minimum atomic E-state index is 0.826. The van der Waals surface area contributed by atoms with E-state index in [1.807, 2.05) is 0 Å². The van der Waals surface area contributed by atoms with E-state index in [1.165, 1.54) is 12.8 Å². The zero-order valence-electron chi connectivity index (χ0n) is 6.98. The van der Waals surface area contributed by atoms with E-state index in [0.717, 1.165) is 24.7 Å². The van der Waals surface area contributed by atoms with Crippen molar-refractivity contribution in [3.63, 3.8) is 0 Å². The van der Waals surface area contributed by atoms with Crippen LogP contribution in [0.2, 0.25) is 0 Å². The Bertz CT molecular complexity index is 145. The average molecular weight is 136 g/mol. The van der Waals surface area contributed by atoms with Crippen LogP contribution in [0.5, 0.6) is 0 Å². The Morgan fingerprint density at radius 3 is 2.80 bits per heavy atom. The highest BCUT2D eigenvalue weighted by molar-refractivity contribution is 5.02. The van der Waals surface area contributed by atoms with Gasteiger partial charge in [0.25, 0.3) is 0 Å². The van der Waals surface area contributed by atoms with Crippen molar-refractivity contribution in [3.05, 3.63) is 0 Å². The van der Waals surface area contributed by atoms with E-state index < -0.39 is 0 Å². The Morgan fingerprint density at radius 2 is 2.10 bits per heavy atom. The molecule has 1 aliphatic carbocycles. The van der Waals surface area contributed by atoms with E-state index in [2.05, 4.69) is 25.7 Å². The molecule has 0 amide bonds. The zero-order valence-corrected chi connectivity index (χ0v) is 6.98. The summed E-state index contributed by atoms with van der Waals surface area (Å²) in [6.07, 6.45) is 4.95. The van der Waals surface area contributed by atoms with Crippen LogP contribution in [0, 0.1) is 23.7 Å². The van der Waals surface area contributed by atoms with Gasteiger partial charge in [-0.1, -0.05) is 13.8 Å². The number of rotatable bonds is 1. The van der Waals surface area contributed by atoms with Gasteiger partial charge in [0.15, 0.2) is 0 Å². The maximum atomic E-state index is 3.23. The van der Waals surface area contributed by atoms with E-state index in [4.69, 9.17) is 0 Å². The summed E-state index contributed by atoms with van der Waals surface area (Å²) in [5, 5.41) is 0. The van der Waals surface area contributed by atoms with E-state index in [-0.39, 0.29) is 0 Å². The van der Waals surface area contributed by atoms with Gasteiger partial charge in [-0.2, -0.15) is 0 Å². The lowest BCUT2D eigenvalue weighted by Crippen LogP contribution is -2.06. The van der Waals surface area contributed by atoms with Crippen LogP contribution in [0.4, 0.5) is 0 Å². The zero-order chi connectivity index (χ0) is 7.40. The first kappa shape index (κ1) is 7.66. The van der Waals surface area contributed by atoms with Gasteiger partial charge in [-0.3, -0.25) is 0 Å². The Kier molecular flexibility index (Phi) is 2.81. The summed E-state index contributed by atoms with van der Waals surface area (Å²) in [5.74, 6) is 8.11. The molecule has 56 valence electrons. The van der Waals surface area contributed by atoms with Crippen molar-refractivity contribution in [2.24, 2.45) is 11.8 Å². The van der Waals surface area contributed by atoms with E-state index in [9.17, 15) is 0 Å². The summed E-state index contributed by atoms with van der Waals surface area (Å²) in [6, 6.07) is 0. The van der Waals surface area contributed by atoms with E-state index >= 15 is 0 Å². The number of hydrogen-bond acceptors (Lipinski definition) is 0. The summed E-state index contributed by atoms with van der Waals surface area (Å²) in [7, 11) is 0. The highest BCUT2D eigenvalue weighted by Crippen LogP contribution is 2.22. The summed E-state index contributed by atoms with van der Waals surface area (Å²) >= 11 is 0. The molecule has 1 unspecified atom stereocenters. The third-order valence-electron chi connectivity index (χ3n) is 2.31. The van der Waals surface area contributed by atoms with Crippen LogP contribution in [0.15, 0.2) is 0 Å². The second kappa shape index (κ2) is 3.66. The van der Waals surface area contributed by atoms with Crippen LogP contribution in [-0.2, 0) is 0 Å². The summed E-state index contributed by atoms with van der Waals surface area (Å²) in [6.45, 7) is 4.61. The molecule has 0 aliphatic heterocycles. The second-order valence-electron chi connectivity index (χ2n) is 3.45. The molecule has 1 rings (SSSR count). The van der Waals surface area contributed by atoms with Crippen LogP contribution in [0.25, 0.3) is 0 Å². The maximum absolute atomic E-state index is 3.23. The first-order valence-corrected chi connectivity index (χ1v) is 4.26. The van der Waals surface area contributed by atoms with Crippen molar-refractivity contribution in [2.75, 3.05) is 0 Å². The highest BCUT2D eigenvalue weighted by Gasteiger charge is 2.12. The number of hydrogen-bond donors (Lipinski definition) is 0. The van der Waals surface area contributed by atoms with Gasteiger partial charge < -0.3 is 0 Å². The first-order valence-electron chi connectivity index (χ1n) is 4.26. The molecule has 0 nitrogen and oxygen atoms in total. The maximum Gasteiger partial charge on any atom is 0.0119 e. The van der Waals surface area contributed by atoms with Crippen LogP contribution >= 0.6 is 0 Å². The minimum Gasteiger partial charge on any atom is -0.103 e. The molecule has 0 saturated carbocycles. The standard InChI is InChI=1S/C10H16/c1-9(2)10-7-5-3-4-6-8-10/h9-10H,3,5,7-8H2,1-2H3. The molecular weight excluding hydrogens is 120 g/mol. The van der Waals surface area contributed by atoms with Crippen LogP contribution in [0.1, 0.15) is 39.5 Å². The molecule has 1 atom stereocenters. The molecule has 0 radical (unpaired) electrons. The monoisotopic (exact) mass is 136 g/mol. The quantitative estimate of drug-likeness (QED) is 0.486. The fourth-order valence-electron chi connectivity index (χ4n) is 1.42. The van der Waals surface area contributed by atoms with Crippen molar-refractivity contribution in [1.82, 2.24) is 0 Å². The lowest BCUT2D eigenvalue weighted by Gasteiger charge is -2.15. The van der Waals surface area contributed by atoms with E-state index in [1.54, 1.807) is 0 Å². The Morgan fingerprint density at radius 1 is 1.30 bits per heavy atom. The molecule has 0 aromatic carbocycles. The second-order valence-corrected chi connectivity index (χ2v) is 3.45. The minimum absolute atomic E-state index is 0.826. The molecule has 0 N–H and O–H groups in total. The van der Waals surface area contributed by atoms with Gasteiger partial charge in [-0.25, -0.2) is 0 Å². The molecule has 0 saturated heterocycles. The van der Waals surface area contributed by atoms with Gasteiger partial charge in [0.2, 0.25) is 0 Å². The average Bonchev–Trinajstić information content (AvgIpc) is 2.12. The van der Waals surface area contributed by atoms with Gasteiger partial charge in [-0.05, 0) is 24.7 Å². The normalized spacial score (nSPS) is 25.3. The first-order chi connectivity index (χ1) is 4.80. The SMILES string of the molecule is CC(C)C1CC#CCCC1. The third-order valence-corrected chi connectivity index (χ3v) is 2.31. The molecular formula is C10H16. The molecule has 0 spiro atoms. The van der Waals surface area contributed by atoms with Crippen LogP contribution in [0.3, 0.4) is 0 Å². The third kappa shape index (κ3) is 2.06. The Hall–Kier alpha value is -0.440. The van der Waals surface area contributed by atoms with Gasteiger partial charge in [0, 0.05) is 12.8 Å². The smallest absolute Gasteiger partial charge is 0.0119 e. The predicted molar refractivity (Wildman–Crippen MR) is 44.6 cm³/mol. The molecule has 0 heterocycles. The molecule has 0 heteroatoms. The lowest BCUT2D eigenvalue weighted by atomic mass is 9.89. The molecule has 0 aromatic rings. The summed E-state index contributed by atoms with van der Waals surface area (Å²) < 4.78 is 0. The van der Waals surface area contributed by atoms with Crippen LogP contribution < -0.4 is 0 Å². The Balaban J connectivity index is 2.40. The van der Waals surface area contributed by atoms with Gasteiger partial charge in [0.1, 0.15) is 0 Å². The van der Waals surface area contributed by atoms with E-state index in [0.29, 0.717) is 0 Å². The van der Waals surface area contributed by atoms with Gasteiger partial charge >= 0.3 is 0 Å². The van der Waals surface area contributed by atoms with Crippen molar-refractivity contribution in [1.29, 1.82) is 0 Å². The van der Waals surface area contributed by atoms with Gasteiger partial charge in [-0.15, -0.1) is 11.8 Å². The lowest BCUT2D eigenvalue weighted by molar-refractivity contribution is 0.364. The largest absolute Gasteiger partial charge is 0.103 e. The predicted octanol–water partition coefficient (Wildman–Crippen LogP) is 2.84. The van der Waals surface area contributed by atoms with Crippen molar-refractivity contribution >= 4 is 0 Å². The fourth-order valence-corrected chi connectivity index (χ4v) is 1.42.